The highest BCUT2D eigenvalue weighted by molar-refractivity contribution is 5.88. The van der Waals surface area contributed by atoms with Gasteiger partial charge in [0.25, 0.3) is 5.69 Å². The van der Waals surface area contributed by atoms with Crippen molar-refractivity contribution in [2.75, 3.05) is 11.1 Å². The molecule has 0 atom stereocenters. The SMILES string of the molecule is Cc1cc(/C=C(\C#N)c2nc(N)nc(Nc3ccccc3)n2)c(C)n1-c1cccc([N+](=O)[O-])c1. The van der Waals surface area contributed by atoms with Crippen LogP contribution in [0.1, 0.15) is 22.8 Å². The molecular formula is C24H20N8O2. The number of benzene rings is 2. The Morgan fingerprint density at radius 3 is 2.59 bits per heavy atom. The zero-order chi connectivity index (χ0) is 24.2. The van der Waals surface area contributed by atoms with Crippen LogP contribution in [0.3, 0.4) is 0 Å². The molecule has 0 aliphatic heterocycles. The molecule has 0 aliphatic rings. The molecule has 4 aromatic rings. The van der Waals surface area contributed by atoms with E-state index < -0.39 is 4.92 Å². The van der Waals surface area contributed by atoms with Gasteiger partial charge in [0, 0.05) is 29.2 Å². The Labute approximate surface area is 195 Å². The normalized spacial score (nSPS) is 11.1. The monoisotopic (exact) mass is 452 g/mol. The molecule has 0 unspecified atom stereocenters. The number of rotatable bonds is 6. The highest BCUT2D eigenvalue weighted by Crippen LogP contribution is 2.27. The third-order valence-corrected chi connectivity index (χ3v) is 5.11. The van der Waals surface area contributed by atoms with Gasteiger partial charge in [-0.25, -0.2) is 0 Å². The summed E-state index contributed by atoms with van der Waals surface area (Å²) < 4.78 is 1.89. The molecule has 0 bridgehead atoms. The van der Waals surface area contributed by atoms with Crippen molar-refractivity contribution in [3.63, 3.8) is 0 Å². The standard InChI is InChI=1S/C24H20N8O2/c1-15-11-17(16(2)31(15)20-9-6-10-21(13-20)32(33)34)12-18(14-25)22-28-23(26)30-24(29-22)27-19-7-4-3-5-8-19/h3-13H,1-2H3,(H3,26,27,28,29,30)/b18-12+. The number of anilines is 3. The number of nitrogens with one attached hydrogen (secondary N) is 1. The number of nitrogens with two attached hydrogens (primary N) is 1. The highest BCUT2D eigenvalue weighted by Gasteiger charge is 2.15. The lowest BCUT2D eigenvalue weighted by molar-refractivity contribution is -0.384. The van der Waals surface area contributed by atoms with Gasteiger partial charge in [-0.1, -0.05) is 24.3 Å². The smallest absolute Gasteiger partial charge is 0.271 e. The van der Waals surface area contributed by atoms with Gasteiger partial charge in [0.1, 0.15) is 6.07 Å². The number of hydrogen-bond donors (Lipinski definition) is 2. The molecule has 3 N–H and O–H groups in total. The second kappa shape index (κ2) is 9.22. The molecule has 0 saturated heterocycles. The Morgan fingerprint density at radius 2 is 1.88 bits per heavy atom. The van der Waals surface area contributed by atoms with Crippen LogP contribution in [0.4, 0.5) is 23.3 Å². The van der Waals surface area contributed by atoms with Gasteiger partial charge in [-0.05, 0) is 49.8 Å². The molecule has 168 valence electrons. The highest BCUT2D eigenvalue weighted by atomic mass is 16.6. The zero-order valence-electron chi connectivity index (χ0n) is 18.4. The average molecular weight is 452 g/mol. The molecule has 10 heteroatoms. The van der Waals surface area contributed by atoms with Crippen molar-refractivity contribution < 1.29 is 4.92 Å². The van der Waals surface area contributed by atoms with E-state index in [-0.39, 0.29) is 29.0 Å². The number of para-hydroxylation sites is 1. The summed E-state index contributed by atoms with van der Waals surface area (Å²) in [7, 11) is 0. The fraction of sp³-hybridized carbons (Fsp3) is 0.0833. The Kier molecular flexibility index (Phi) is 6.01. The average Bonchev–Trinajstić information content (AvgIpc) is 3.10. The predicted molar refractivity (Wildman–Crippen MR) is 129 cm³/mol. The number of hydrogen-bond acceptors (Lipinski definition) is 8. The lowest BCUT2D eigenvalue weighted by Gasteiger charge is -2.09. The van der Waals surface area contributed by atoms with Crippen LogP contribution in [0.25, 0.3) is 17.3 Å². The van der Waals surface area contributed by atoms with Crippen molar-refractivity contribution in [1.82, 2.24) is 19.5 Å². The van der Waals surface area contributed by atoms with E-state index in [0.29, 0.717) is 5.69 Å². The first-order valence-corrected chi connectivity index (χ1v) is 10.3. The Balaban J connectivity index is 1.73. The summed E-state index contributed by atoms with van der Waals surface area (Å²) in [5.74, 6) is 0.331. The van der Waals surface area contributed by atoms with Crippen molar-refractivity contribution in [3.05, 3.63) is 93.6 Å². The molecule has 2 aromatic heterocycles. The first-order chi connectivity index (χ1) is 16.4. The van der Waals surface area contributed by atoms with Gasteiger partial charge in [-0.2, -0.15) is 20.2 Å². The van der Waals surface area contributed by atoms with Crippen LogP contribution in [0, 0.1) is 35.3 Å². The number of aromatic nitrogens is 4. The van der Waals surface area contributed by atoms with Crippen LogP contribution < -0.4 is 11.1 Å². The fourth-order valence-corrected chi connectivity index (χ4v) is 3.60. The van der Waals surface area contributed by atoms with E-state index in [9.17, 15) is 15.4 Å². The maximum absolute atomic E-state index is 11.2. The van der Waals surface area contributed by atoms with E-state index in [1.54, 1.807) is 18.2 Å². The third kappa shape index (κ3) is 4.58. The number of nitro benzene ring substituents is 1. The number of nitriles is 1. The molecule has 0 amide bonds. The van der Waals surface area contributed by atoms with Crippen LogP contribution in [0.2, 0.25) is 0 Å². The summed E-state index contributed by atoms with van der Waals surface area (Å²) in [5.41, 5.74) is 9.89. The Hall–Kier alpha value is -5.04. The van der Waals surface area contributed by atoms with E-state index in [0.717, 1.165) is 22.6 Å². The number of nitrogens with zero attached hydrogens (tertiary/aromatic N) is 6. The number of aryl methyl sites for hydroxylation is 1. The minimum atomic E-state index is -0.432. The molecule has 0 saturated carbocycles. The first-order valence-electron chi connectivity index (χ1n) is 10.3. The summed E-state index contributed by atoms with van der Waals surface area (Å²) >= 11 is 0. The van der Waals surface area contributed by atoms with Gasteiger partial charge in [-0.15, -0.1) is 0 Å². The van der Waals surface area contributed by atoms with Crippen LogP contribution in [0.15, 0.2) is 60.7 Å². The molecule has 10 nitrogen and oxygen atoms in total. The Morgan fingerprint density at radius 1 is 1.12 bits per heavy atom. The molecule has 2 heterocycles. The van der Waals surface area contributed by atoms with Crippen LogP contribution >= 0.6 is 0 Å². The van der Waals surface area contributed by atoms with E-state index in [4.69, 9.17) is 5.73 Å². The van der Waals surface area contributed by atoms with Crippen LogP contribution in [0.5, 0.6) is 0 Å². The fourth-order valence-electron chi connectivity index (χ4n) is 3.60. The van der Waals surface area contributed by atoms with Gasteiger partial charge in [0.05, 0.1) is 16.2 Å². The summed E-state index contributed by atoms with van der Waals surface area (Å²) in [6.45, 7) is 3.76. The summed E-state index contributed by atoms with van der Waals surface area (Å²) in [4.78, 5) is 23.3. The van der Waals surface area contributed by atoms with Crippen molar-refractivity contribution >= 4 is 34.9 Å². The molecule has 0 aliphatic carbocycles. The van der Waals surface area contributed by atoms with Crippen molar-refractivity contribution in [1.29, 1.82) is 5.26 Å². The first kappa shape index (κ1) is 22.2. The summed E-state index contributed by atoms with van der Waals surface area (Å²) in [5, 5.41) is 24.1. The minimum absolute atomic E-state index is 0.00101. The van der Waals surface area contributed by atoms with Gasteiger partial charge in [0.2, 0.25) is 11.9 Å². The van der Waals surface area contributed by atoms with Gasteiger partial charge < -0.3 is 15.6 Å². The minimum Gasteiger partial charge on any atom is -0.368 e. The molecule has 2 aromatic carbocycles. The zero-order valence-corrected chi connectivity index (χ0v) is 18.4. The predicted octanol–water partition coefficient (Wildman–Crippen LogP) is 4.58. The summed E-state index contributed by atoms with van der Waals surface area (Å²) in [6, 6.07) is 19.7. The maximum atomic E-state index is 11.2. The second-order valence-electron chi connectivity index (χ2n) is 7.44. The number of allylic oxidation sites excluding steroid dienone is 1. The third-order valence-electron chi connectivity index (χ3n) is 5.11. The van der Waals surface area contributed by atoms with Crippen LogP contribution in [-0.2, 0) is 0 Å². The van der Waals surface area contributed by atoms with Gasteiger partial charge in [-0.3, -0.25) is 10.1 Å². The second-order valence-corrected chi connectivity index (χ2v) is 7.44. The lowest BCUT2D eigenvalue weighted by Crippen LogP contribution is -2.06. The van der Waals surface area contributed by atoms with Crippen molar-refractivity contribution in [2.45, 2.75) is 13.8 Å². The number of non-ortho nitro benzene ring substituents is 1. The van der Waals surface area contributed by atoms with Gasteiger partial charge >= 0.3 is 0 Å². The molecule has 4 rings (SSSR count). The van der Waals surface area contributed by atoms with Crippen molar-refractivity contribution in [2.24, 2.45) is 0 Å². The quantitative estimate of drug-likeness (QED) is 0.245. The molecule has 0 radical (unpaired) electrons. The molecule has 0 fully saturated rings. The number of nitrogen functional groups attached to an aromatic ring is 1. The topological polar surface area (TPSA) is 149 Å². The molecular weight excluding hydrogens is 432 g/mol. The van der Waals surface area contributed by atoms with Crippen molar-refractivity contribution in [3.8, 4) is 11.8 Å². The van der Waals surface area contributed by atoms with Crippen LogP contribution in [-0.4, -0.2) is 24.4 Å². The van der Waals surface area contributed by atoms with E-state index in [1.165, 1.54) is 12.1 Å². The van der Waals surface area contributed by atoms with Gasteiger partial charge in [0.15, 0.2) is 5.82 Å². The summed E-state index contributed by atoms with van der Waals surface area (Å²) in [6.07, 6.45) is 1.66. The van der Waals surface area contributed by atoms with E-state index in [2.05, 4.69) is 26.3 Å². The van der Waals surface area contributed by atoms with E-state index >= 15 is 0 Å². The molecule has 34 heavy (non-hydrogen) atoms. The number of nitro groups is 1. The Bertz CT molecular complexity index is 1450. The van der Waals surface area contributed by atoms with E-state index in [1.807, 2.05) is 54.8 Å². The maximum Gasteiger partial charge on any atom is 0.271 e. The molecule has 0 spiro atoms. The largest absolute Gasteiger partial charge is 0.368 e. The lowest BCUT2D eigenvalue weighted by atomic mass is 10.1.